The molecule has 0 aliphatic rings. The summed E-state index contributed by atoms with van der Waals surface area (Å²) >= 11 is 5.79. The van der Waals surface area contributed by atoms with Crippen molar-refractivity contribution >= 4 is 28.6 Å². The molecule has 6 heteroatoms. The number of rotatable bonds is 3. The lowest BCUT2D eigenvalue weighted by Gasteiger charge is -2.09. The molecule has 0 bridgehead atoms. The van der Waals surface area contributed by atoms with Gasteiger partial charge in [-0.2, -0.15) is 0 Å². The number of nitrogens with one attached hydrogen (secondary N) is 1. The van der Waals surface area contributed by atoms with Crippen molar-refractivity contribution in [3.05, 3.63) is 74.7 Å². The Morgan fingerprint density at radius 1 is 1.26 bits per heavy atom. The van der Waals surface area contributed by atoms with Gasteiger partial charge in [0.15, 0.2) is 5.15 Å². The first-order valence-electron chi connectivity index (χ1n) is 6.93. The van der Waals surface area contributed by atoms with E-state index in [0.29, 0.717) is 23.0 Å². The normalized spacial score (nSPS) is 10.7. The van der Waals surface area contributed by atoms with E-state index in [1.807, 2.05) is 30.3 Å². The number of fused-ring (bicyclic) bond motifs is 1. The molecule has 0 amide bonds. The summed E-state index contributed by atoms with van der Waals surface area (Å²) in [4.78, 5) is 30.4. The predicted octanol–water partition coefficient (Wildman–Crippen LogP) is 2.95. The molecule has 0 saturated carbocycles. The van der Waals surface area contributed by atoms with Gasteiger partial charge in [0.25, 0.3) is 5.56 Å². The number of hydrogen-bond donors (Lipinski definition) is 1. The van der Waals surface area contributed by atoms with Gasteiger partial charge in [0, 0.05) is 0 Å². The van der Waals surface area contributed by atoms with Crippen molar-refractivity contribution in [2.75, 3.05) is 7.11 Å². The van der Waals surface area contributed by atoms with Crippen molar-refractivity contribution in [1.82, 2.24) is 9.97 Å². The minimum absolute atomic E-state index is 0.162. The molecule has 0 unspecified atom stereocenters. The Balaban J connectivity index is 2.22. The van der Waals surface area contributed by atoms with Gasteiger partial charge in [-0.15, -0.1) is 0 Å². The Kier molecular flexibility index (Phi) is 4.12. The molecule has 3 rings (SSSR count). The van der Waals surface area contributed by atoms with Gasteiger partial charge in [-0.1, -0.05) is 41.9 Å². The predicted molar refractivity (Wildman–Crippen MR) is 88.0 cm³/mol. The van der Waals surface area contributed by atoms with Gasteiger partial charge in [-0.3, -0.25) is 4.79 Å². The first-order chi connectivity index (χ1) is 11.1. The van der Waals surface area contributed by atoms with E-state index >= 15 is 0 Å². The highest BCUT2D eigenvalue weighted by Crippen LogP contribution is 2.21. The minimum atomic E-state index is -0.467. The Hall–Kier alpha value is -2.66. The van der Waals surface area contributed by atoms with E-state index in [0.717, 1.165) is 11.1 Å². The van der Waals surface area contributed by atoms with Gasteiger partial charge in [0.05, 0.1) is 23.7 Å². The van der Waals surface area contributed by atoms with Crippen LogP contribution in [0.15, 0.2) is 47.3 Å². The summed E-state index contributed by atoms with van der Waals surface area (Å²) in [5, 5.41) is -0.162. The fraction of sp³-hybridized carbons (Fsp3) is 0.118. The summed E-state index contributed by atoms with van der Waals surface area (Å²) in [6, 6.07) is 13.0. The zero-order valence-electron chi connectivity index (χ0n) is 12.3. The van der Waals surface area contributed by atoms with Crippen molar-refractivity contribution in [3.63, 3.8) is 0 Å². The standard InChI is InChI=1S/C17H13ClN2O3/c1-23-17(22)12-8-11(7-10-5-3-2-4-6-10)14-13(9-12)19-15(18)16(21)20-14/h2-6,8-9H,7H2,1H3,(H,20,21). The highest BCUT2D eigenvalue weighted by atomic mass is 35.5. The molecule has 0 spiro atoms. The molecule has 1 heterocycles. The van der Waals surface area contributed by atoms with E-state index in [4.69, 9.17) is 16.3 Å². The number of benzene rings is 2. The SMILES string of the molecule is COC(=O)c1cc(Cc2ccccc2)c2[nH]c(=O)c(Cl)nc2c1. The van der Waals surface area contributed by atoms with Crippen molar-refractivity contribution < 1.29 is 9.53 Å². The zero-order valence-corrected chi connectivity index (χ0v) is 13.1. The van der Waals surface area contributed by atoms with Crippen LogP contribution in [0.5, 0.6) is 0 Å². The number of ether oxygens (including phenoxy) is 1. The summed E-state index contributed by atoms with van der Waals surface area (Å²) in [5.41, 5.74) is 2.74. The quantitative estimate of drug-likeness (QED) is 0.750. The molecular weight excluding hydrogens is 316 g/mol. The Morgan fingerprint density at radius 2 is 2.00 bits per heavy atom. The molecule has 0 aliphatic heterocycles. The molecule has 0 aliphatic carbocycles. The smallest absolute Gasteiger partial charge is 0.337 e. The highest BCUT2D eigenvalue weighted by Gasteiger charge is 2.14. The second-order valence-electron chi connectivity index (χ2n) is 5.04. The van der Waals surface area contributed by atoms with Crippen LogP contribution < -0.4 is 5.56 Å². The summed E-state index contributed by atoms with van der Waals surface area (Å²) < 4.78 is 4.77. The highest BCUT2D eigenvalue weighted by molar-refractivity contribution is 6.29. The summed E-state index contributed by atoms with van der Waals surface area (Å²) in [7, 11) is 1.32. The third kappa shape index (κ3) is 3.10. The number of halogens is 1. The number of carbonyl (C=O) groups excluding carboxylic acids is 1. The van der Waals surface area contributed by atoms with Crippen LogP contribution in [0.4, 0.5) is 0 Å². The average Bonchev–Trinajstić information content (AvgIpc) is 2.56. The lowest BCUT2D eigenvalue weighted by Crippen LogP contribution is -2.11. The minimum Gasteiger partial charge on any atom is -0.465 e. The fourth-order valence-electron chi connectivity index (χ4n) is 2.43. The molecule has 2 aromatic carbocycles. The Labute approximate surface area is 136 Å². The number of aromatic nitrogens is 2. The first kappa shape index (κ1) is 15.2. The van der Waals surface area contributed by atoms with Crippen LogP contribution in [0.3, 0.4) is 0 Å². The average molecular weight is 329 g/mol. The van der Waals surface area contributed by atoms with Gasteiger partial charge in [-0.25, -0.2) is 9.78 Å². The second-order valence-corrected chi connectivity index (χ2v) is 5.40. The van der Waals surface area contributed by atoms with Crippen molar-refractivity contribution in [3.8, 4) is 0 Å². The summed E-state index contributed by atoms with van der Waals surface area (Å²) in [6.45, 7) is 0. The maximum atomic E-state index is 11.9. The molecule has 0 fully saturated rings. The molecule has 3 aromatic rings. The van der Waals surface area contributed by atoms with Gasteiger partial charge in [0.1, 0.15) is 0 Å². The third-order valence-electron chi connectivity index (χ3n) is 3.50. The van der Waals surface area contributed by atoms with E-state index < -0.39 is 11.5 Å². The van der Waals surface area contributed by atoms with E-state index in [1.165, 1.54) is 7.11 Å². The fourth-order valence-corrected chi connectivity index (χ4v) is 2.57. The third-order valence-corrected chi connectivity index (χ3v) is 3.76. The maximum absolute atomic E-state index is 11.9. The van der Waals surface area contributed by atoms with E-state index in [9.17, 15) is 9.59 Å². The van der Waals surface area contributed by atoms with E-state index in [1.54, 1.807) is 12.1 Å². The monoisotopic (exact) mass is 328 g/mol. The van der Waals surface area contributed by atoms with Gasteiger partial charge < -0.3 is 9.72 Å². The molecule has 0 saturated heterocycles. The van der Waals surface area contributed by atoms with Crippen LogP contribution in [0.1, 0.15) is 21.5 Å². The summed E-state index contributed by atoms with van der Waals surface area (Å²) in [5.74, 6) is -0.467. The molecule has 1 N–H and O–H groups in total. The number of esters is 1. The molecule has 1 aromatic heterocycles. The van der Waals surface area contributed by atoms with E-state index in [-0.39, 0.29) is 5.15 Å². The number of carbonyl (C=O) groups is 1. The van der Waals surface area contributed by atoms with Crippen LogP contribution in [0.2, 0.25) is 5.15 Å². The summed E-state index contributed by atoms with van der Waals surface area (Å²) in [6.07, 6.45) is 0.543. The van der Waals surface area contributed by atoms with Crippen LogP contribution in [-0.2, 0) is 11.2 Å². The first-order valence-corrected chi connectivity index (χ1v) is 7.31. The van der Waals surface area contributed by atoms with Gasteiger partial charge in [-0.05, 0) is 29.7 Å². The van der Waals surface area contributed by atoms with Crippen LogP contribution in [0.25, 0.3) is 11.0 Å². The zero-order chi connectivity index (χ0) is 16.4. The molecule has 0 atom stereocenters. The number of nitrogens with zero attached hydrogens (tertiary/aromatic N) is 1. The van der Waals surface area contributed by atoms with Crippen LogP contribution in [-0.4, -0.2) is 23.0 Å². The Bertz CT molecular complexity index is 936. The lowest BCUT2D eigenvalue weighted by atomic mass is 10.0. The van der Waals surface area contributed by atoms with Crippen molar-refractivity contribution in [2.24, 2.45) is 0 Å². The molecule has 116 valence electrons. The number of aromatic amines is 1. The number of H-pyrrole nitrogens is 1. The molecule has 5 nitrogen and oxygen atoms in total. The van der Waals surface area contributed by atoms with Gasteiger partial charge in [0.2, 0.25) is 0 Å². The van der Waals surface area contributed by atoms with Crippen LogP contribution in [0, 0.1) is 0 Å². The lowest BCUT2D eigenvalue weighted by molar-refractivity contribution is 0.0601. The van der Waals surface area contributed by atoms with E-state index in [2.05, 4.69) is 9.97 Å². The largest absolute Gasteiger partial charge is 0.465 e. The number of hydrogen-bond acceptors (Lipinski definition) is 4. The molecule has 23 heavy (non-hydrogen) atoms. The van der Waals surface area contributed by atoms with Crippen molar-refractivity contribution in [2.45, 2.75) is 6.42 Å². The number of methoxy groups -OCH3 is 1. The van der Waals surface area contributed by atoms with Crippen molar-refractivity contribution in [1.29, 1.82) is 0 Å². The molecular formula is C17H13ClN2O3. The Morgan fingerprint density at radius 3 is 2.70 bits per heavy atom. The van der Waals surface area contributed by atoms with Gasteiger partial charge >= 0.3 is 5.97 Å². The van der Waals surface area contributed by atoms with Crippen LogP contribution >= 0.6 is 11.6 Å². The second kappa shape index (κ2) is 6.22. The topological polar surface area (TPSA) is 72.1 Å². The maximum Gasteiger partial charge on any atom is 0.337 e. The molecule has 0 radical (unpaired) electrons.